The van der Waals surface area contributed by atoms with Crippen molar-refractivity contribution in [3.8, 4) is 0 Å². The van der Waals surface area contributed by atoms with E-state index in [0.717, 1.165) is 6.54 Å². The minimum Gasteiger partial charge on any atom is -0.310 e. The van der Waals surface area contributed by atoms with Crippen molar-refractivity contribution < 1.29 is 0 Å². The van der Waals surface area contributed by atoms with Gasteiger partial charge in [-0.25, -0.2) is 0 Å². The second-order valence-electron chi connectivity index (χ2n) is 6.60. The number of nitrogens with one attached hydrogen (secondary N) is 1. The molecule has 102 valence electrons. The van der Waals surface area contributed by atoms with Gasteiger partial charge >= 0.3 is 0 Å². The molecule has 1 aromatic heterocycles. The van der Waals surface area contributed by atoms with Crippen LogP contribution in [0.5, 0.6) is 0 Å². The lowest BCUT2D eigenvalue weighted by Gasteiger charge is -2.35. The summed E-state index contributed by atoms with van der Waals surface area (Å²) in [6.07, 6.45) is 5.40. The molecule has 1 heterocycles. The average molecular weight is 273 g/mol. The Morgan fingerprint density at radius 2 is 2.16 bits per heavy atom. The summed E-state index contributed by atoms with van der Waals surface area (Å²) in [5.41, 5.74) is 1.98. The van der Waals surface area contributed by atoms with Gasteiger partial charge in [-0.05, 0) is 47.1 Å². The summed E-state index contributed by atoms with van der Waals surface area (Å²) >= 11 is 1.86. The second-order valence-corrected chi connectivity index (χ2v) is 7.51. The van der Waals surface area contributed by atoms with Crippen LogP contribution >= 0.6 is 11.3 Å². The molecule has 1 N–H and O–H groups in total. The third kappa shape index (κ3) is 3.01. The van der Waals surface area contributed by atoms with Crippen LogP contribution < -0.4 is 5.32 Å². The van der Waals surface area contributed by atoms with Crippen LogP contribution in [0.2, 0.25) is 0 Å². The third-order valence-corrected chi connectivity index (χ3v) is 5.36. The molecule has 1 unspecified atom stereocenters. The lowest BCUT2D eigenvalue weighted by atomic mass is 9.75. The third-order valence-electron chi connectivity index (χ3n) is 4.35. The van der Waals surface area contributed by atoms with Crippen LogP contribution in [0.4, 0.5) is 0 Å². The molecule has 1 aromatic carbocycles. The molecule has 19 heavy (non-hydrogen) atoms. The summed E-state index contributed by atoms with van der Waals surface area (Å²) in [5.74, 6) is 0. The van der Waals surface area contributed by atoms with Gasteiger partial charge in [0.25, 0.3) is 0 Å². The fourth-order valence-electron chi connectivity index (χ4n) is 3.30. The van der Waals surface area contributed by atoms with E-state index in [2.05, 4.69) is 48.8 Å². The van der Waals surface area contributed by atoms with E-state index < -0.39 is 0 Å². The summed E-state index contributed by atoms with van der Waals surface area (Å²) in [7, 11) is 0. The van der Waals surface area contributed by atoms with E-state index in [4.69, 9.17) is 0 Å². The highest BCUT2D eigenvalue weighted by Gasteiger charge is 2.27. The van der Waals surface area contributed by atoms with Gasteiger partial charge < -0.3 is 5.32 Å². The number of benzene rings is 1. The highest BCUT2D eigenvalue weighted by atomic mass is 32.1. The Kier molecular flexibility index (Phi) is 3.64. The quantitative estimate of drug-likeness (QED) is 0.833. The van der Waals surface area contributed by atoms with Gasteiger partial charge in [-0.2, -0.15) is 0 Å². The van der Waals surface area contributed by atoms with E-state index in [9.17, 15) is 0 Å². The summed E-state index contributed by atoms with van der Waals surface area (Å²) in [6.45, 7) is 5.83. The van der Waals surface area contributed by atoms with Crippen LogP contribution in [0.1, 0.15) is 45.1 Å². The van der Waals surface area contributed by atoms with Gasteiger partial charge in [0.1, 0.15) is 0 Å². The molecule has 1 saturated carbocycles. The Balaban J connectivity index is 1.66. The van der Waals surface area contributed by atoms with Crippen LogP contribution in [0, 0.1) is 5.41 Å². The zero-order valence-corrected chi connectivity index (χ0v) is 12.7. The first-order valence-corrected chi connectivity index (χ1v) is 8.20. The van der Waals surface area contributed by atoms with E-state index in [0.29, 0.717) is 11.5 Å². The van der Waals surface area contributed by atoms with Crippen molar-refractivity contribution in [3.05, 3.63) is 35.2 Å². The van der Waals surface area contributed by atoms with Crippen molar-refractivity contribution in [1.29, 1.82) is 0 Å². The molecule has 0 amide bonds. The molecule has 2 aromatic rings. The zero-order valence-electron chi connectivity index (χ0n) is 11.9. The standard InChI is InChI=1S/C17H23NS/c1-17(2)9-5-6-14(10-17)18-11-13-12-19-16-8-4-3-7-15(13)16/h3-4,7-8,12,14,18H,5-6,9-11H2,1-2H3. The second kappa shape index (κ2) is 5.26. The highest BCUT2D eigenvalue weighted by molar-refractivity contribution is 7.17. The van der Waals surface area contributed by atoms with Crippen molar-refractivity contribution in [2.75, 3.05) is 0 Å². The number of hydrogen-bond donors (Lipinski definition) is 1. The molecular formula is C17H23NS. The molecule has 0 aliphatic heterocycles. The Hall–Kier alpha value is -0.860. The number of fused-ring (bicyclic) bond motifs is 1. The van der Waals surface area contributed by atoms with E-state index >= 15 is 0 Å². The van der Waals surface area contributed by atoms with Gasteiger partial charge in [-0.3, -0.25) is 0 Å². The molecule has 1 nitrogen and oxygen atoms in total. The molecule has 1 atom stereocenters. The fraction of sp³-hybridized carbons (Fsp3) is 0.529. The Morgan fingerprint density at radius 1 is 1.32 bits per heavy atom. The van der Waals surface area contributed by atoms with Crippen molar-refractivity contribution in [2.24, 2.45) is 5.41 Å². The Morgan fingerprint density at radius 3 is 3.00 bits per heavy atom. The van der Waals surface area contributed by atoms with Crippen LogP contribution in [-0.2, 0) is 6.54 Å². The van der Waals surface area contributed by atoms with Crippen LogP contribution in [0.25, 0.3) is 10.1 Å². The molecule has 3 rings (SSSR count). The van der Waals surface area contributed by atoms with Crippen molar-refractivity contribution >= 4 is 21.4 Å². The Labute approximate surface area is 120 Å². The lowest BCUT2D eigenvalue weighted by molar-refractivity contribution is 0.198. The fourth-order valence-corrected chi connectivity index (χ4v) is 4.26. The predicted octanol–water partition coefficient (Wildman–Crippen LogP) is 4.96. The van der Waals surface area contributed by atoms with Crippen molar-refractivity contribution in [1.82, 2.24) is 5.32 Å². The molecule has 0 saturated heterocycles. The smallest absolute Gasteiger partial charge is 0.0346 e. The van der Waals surface area contributed by atoms with Gasteiger partial charge in [0.2, 0.25) is 0 Å². The van der Waals surface area contributed by atoms with Gasteiger partial charge in [0.15, 0.2) is 0 Å². The monoisotopic (exact) mass is 273 g/mol. The lowest BCUT2D eigenvalue weighted by Crippen LogP contribution is -2.36. The molecule has 0 bridgehead atoms. The van der Waals surface area contributed by atoms with Gasteiger partial charge in [0.05, 0.1) is 0 Å². The molecule has 1 aliphatic carbocycles. The van der Waals surface area contributed by atoms with Crippen molar-refractivity contribution in [2.45, 2.75) is 52.1 Å². The maximum atomic E-state index is 3.78. The SMILES string of the molecule is CC1(C)CCCC(NCc2csc3ccccc23)C1. The minimum absolute atomic E-state index is 0.520. The van der Waals surface area contributed by atoms with E-state index in [1.165, 1.54) is 41.3 Å². The van der Waals surface area contributed by atoms with Crippen LogP contribution in [-0.4, -0.2) is 6.04 Å². The summed E-state index contributed by atoms with van der Waals surface area (Å²) < 4.78 is 1.41. The van der Waals surface area contributed by atoms with Gasteiger partial charge in [0, 0.05) is 17.3 Å². The first-order valence-electron chi connectivity index (χ1n) is 7.33. The van der Waals surface area contributed by atoms with Crippen LogP contribution in [0.3, 0.4) is 0 Å². The highest BCUT2D eigenvalue weighted by Crippen LogP contribution is 2.35. The zero-order chi connectivity index (χ0) is 13.3. The number of hydrogen-bond acceptors (Lipinski definition) is 2. The average Bonchev–Trinajstić information content (AvgIpc) is 2.78. The molecular weight excluding hydrogens is 250 g/mol. The van der Waals surface area contributed by atoms with Gasteiger partial charge in [-0.1, -0.05) is 38.5 Å². The molecule has 1 fully saturated rings. The Bertz CT molecular complexity index is 555. The number of thiophene rings is 1. The van der Waals surface area contributed by atoms with Gasteiger partial charge in [-0.15, -0.1) is 11.3 Å². The first-order chi connectivity index (χ1) is 9.14. The van der Waals surface area contributed by atoms with Crippen molar-refractivity contribution in [3.63, 3.8) is 0 Å². The maximum absolute atomic E-state index is 3.78. The van der Waals surface area contributed by atoms with E-state index in [-0.39, 0.29) is 0 Å². The topological polar surface area (TPSA) is 12.0 Å². The largest absolute Gasteiger partial charge is 0.310 e. The molecule has 2 heteroatoms. The van der Waals surface area contributed by atoms with E-state index in [1.807, 2.05) is 11.3 Å². The molecule has 0 radical (unpaired) electrons. The number of rotatable bonds is 3. The summed E-state index contributed by atoms with van der Waals surface area (Å²) in [5, 5.41) is 7.52. The predicted molar refractivity (Wildman–Crippen MR) is 84.7 cm³/mol. The summed E-state index contributed by atoms with van der Waals surface area (Å²) in [6, 6.07) is 9.42. The molecule has 1 aliphatic rings. The van der Waals surface area contributed by atoms with Crippen LogP contribution in [0.15, 0.2) is 29.6 Å². The maximum Gasteiger partial charge on any atom is 0.0346 e. The normalized spacial score (nSPS) is 22.7. The molecule has 0 spiro atoms. The minimum atomic E-state index is 0.520. The summed E-state index contributed by atoms with van der Waals surface area (Å²) in [4.78, 5) is 0. The first kappa shape index (κ1) is 13.1. The van der Waals surface area contributed by atoms with E-state index in [1.54, 1.807) is 0 Å².